The highest BCUT2D eigenvalue weighted by atomic mass is 32.1. The molecule has 24 heavy (non-hydrogen) atoms. The number of anilines is 1. The molecule has 5 nitrogen and oxygen atoms in total. The van der Waals surface area contributed by atoms with E-state index in [9.17, 15) is 4.79 Å². The number of carbonyl (C=O) groups is 1. The van der Waals surface area contributed by atoms with E-state index in [-0.39, 0.29) is 5.91 Å². The standard InChI is InChI=1S/C18H16N4OS/c1-12-6-9-14(10-7-12)19-18(24)22-21-17(23)16-11-8-13-4-2-3-5-15(13)20-16/h2-11H,1H3,(H,21,23)(H2,19,22,24). The zero-order chi connectivity index (χ0) is 16.9. The van der Waals surface area contributed by atoms with Crippen LogP contribution in [0.1, 0.15) is 16.1 Å². The molecule has 2 aromatic carbocycles. The van der Waals surface area contributed by atoms with Gasteiger partial charge in [-0.3, -0.25) is 15.6 Å². The van der Waals surface area contributed by atoms with Crippen LogP contribution in [0.5, 0.6) is 0 Å². The fourth-order valence-electron chi connectivity index (χ4n) is 2.17. The first-order chi connectivity index (χ1) is 11.6. The van der Waals surface area contributed by atoms with E-state index in [2.05, 4.69) is 21.2 Å². The summed E-state index contributed by atoms with van der Waals surface area (Å²) >= 11 is 5.16. The van der Waals surface area contributed by atoms with Gasteiger partial charge in [0, 0.05) is 11.1 Å². The number of benzene rings is 2. The van der Waals surface area contributed by atoms with Crippen molar-refractivity contribution in [3.05, 3.63) is 71.9 Å². The highest BCUT2D eigenvalue weighted by Gasteiger charge is 2.08. The van der Waals surface area contributed by atoms with Gasteiger partial charge < -0.3 is 5.32 Å². The number of aryl methyl sites for hydroxylation is 1. The number of thiocarbonyl (C=S) groups is 1. The van der Waals surface area contributed by atoms with Gasteiger partial charge in [0.25, 0.3) is 5.91 Å². The van der Waals surface area contributed by atoms with Crippen LogP contribution in [0.25, 0.3) is 10.9 Å². The quantitative estimate of drug-likeness (QED) is 0.495. The van der Waals surface area contributed by atoms with Gasteiger partial charge in [-0.1, -0.05) is 42.0 Å². The van der Waals surface area contributed by atoms with Crippen molar-refractivity contribution in [1.82, 2.24) is 15.8 Å². The second-order valence-electron chi connectivity index (χ2n) is 5.29. The van der Waals surface area contributed by atoms with E-state index in [1.807, 2.05) is 61.5 Å². The van der Waals surface area contributed by atoms with E-state index >= 15 is 0 Å². The summed E-state index contributed by atoms with van der Waals surface area (Å²) < 4.78 is 0. The van der Waals surface area contributed by atoms with Gasteiger partial charge in [-0.15, -0.1) is 0 Å². The Labute approximate surface area is 145 Å². The lowest BCUT2D eigenvalue weighted by atomic mass is 10.2. The molecular formula is C18H16N4OS. The lowest BCUT2D eigenvalue weighted by molar-refractivity contribution is 0.0939. The minimum atomic E-state index is -0.353. The van der Waals surface area contributed by atoms with Crippen molar-refractivity contribution >= 4 is 39.8 Å². The molecule has 0 saturated carbocycles. The molecule has 0 aliphatic heterocycles. The van der Waals surface area contributed by atoms with Crippen LogP contribution in [0.15, 0.2) is 60.7 Å². The van der Waals surface area contributed by atoms with E-state index in [1.165, 1.54) is 0 Å². The Morgan fingerprint density at radius 1 is 0.958 bits per heavy atom. The predicted octanol–water partition coefficient (Wildman–Crippen LogP) is 3.17. The Morgan fingerprint density at radius 2 is 1.71 bits per heavy atom. The highest BCUT2D eigenvalue weighted by Crippen LogP contribution is 2.11. The Hall–Kier alpha value is -2.99. The number of rotatable bonds is 2. The van der Waals surface area contributed by atoms with Gasteiger partial charge in [-0.25, -0.2) is 4.98 Å². The van der Waals surface area contributed by atoms with Gasteiger partial charge in [0.05, 0.1) is 5.52 Å². The maximum Gasteiger partial charge on any atom is 0.288 e. The third-order valence-corrected chi connectivity index (χ3v) is 3.63. The molecule has 1 amide bonds. The first kappa shape index (κ1) is 15.9. The number of nitrogens with zero attached hydrogens (tertiary/aromatic N) is 1. The molecule has 0 fully saturated rings. The third kappa shape index (κ3) is 3.85. The van der Waals surface area contributed by atoms with Gasteiger partial charge in [0.15, 0.2) is 5.11 Å². The zero-order valence-electron chi connectivity index (χ0n) is 13.0. The number of hydrogen-bond acceptors (Lipinski definition) is 3. The number of hydrogen-bond donors (Lipinski definition) is 3. The van der Waals surface area contributed by atoms with E-state index < -0.39 is 0 Å². The van der Waals surface area contributed by atoms with Crippen LogP contribution in [-0.4, -0.2) is 16.0 Å². The summed E-state index contributed by atoms with van der Waals surface area (Å²) in [5.41, 5.74) is 8.31. The number of amides is 1. The third-order valence-electron chi connectivity index (χ3n) is 3.43. The normalized spacial score (nSPS) is 10.2. The summed E-state index contributed by atoms with van der Waals surface area (Å²) in [6.45, 7) is 2.01. The molecule has 0 unspecified atom stereocenters. The lowest BCUT2D eigenvalue weighted by Crippen LogP contribution is -2.44. The number of pyridine rings is 1. The molecule has 3 N–H and O–H groups in total. The van der Waals surface area contributed by atoms with Crippen LogP contribution >= 0.6 is 12.2 Å². The molecule has 6 heteroatoms. The summed E-state index contributed by atoms with van der Waals surface area (Å²) in [5, 5.41) is 4.27. The maximum atomic E-state index is 12.2. The first-order valence-electron chi connectivity index (χ1n) is 7.41. The zero-order valence-corrected chi connectivity index (χ0v) is 13.9. The average molecular weight is 336 g/mol. The maximum absolute atomic E-state index is 12.2. The molecule has 0 atom stereocenters. The van der Waals surface area contributed by atoms with Crippen molar-refractivity contribution in [2.45, 2.75) is 6.92 Å². The summed E-state index contributed by atoms with van der Waals surface area (Å²) in [5.74, 6) is -0.353. The minimum absolute atomic E-state index is 0.299. The van der Waals surface area contributed by atoms with Crippen LogP contribution in [0.4, 0.5) is 5.69 Å². The Kier molecular flexibility index (Phi) is 4.67. The fourth-order valence-corrected chi connectivity index (χ4v) is 2.34. The molecule has 0 bridgehead atoms. The van der Waals surface area contributed by atoms with Crippen LogP contribution < -0.4 is 16.2 Å². The second-order valence-corrected chi connectivity index (χ2v) is 5.70. The van der Waals surface area contributed by atoms with Crippen LogP contribution in [-0.2, 0) is 0 Å². The lowest BCUT2D eigenvalue weighted by Gasteiger charge is -2.11. The van der Waals surface area contributed by atoms with Crippen LogP contribution in [0.3, 0.4) is 0 Å². The molecule has 0 radical (unpaired) electrons. The minimum Gasteiger partial charge on any atom is -0.331 e. The summed E-state index contributed by atoms with van der Waals surface area (Å²) in [6, 6.07) is 18.9. The van der Waals surface area contributed by atoms with Gasteiger partial charge in [-0.05, 0) is 43.4 Å². The van der Waals surface area contributed by atoms with Crippen molar-refractivity contribution < 1.29 is 4.79 Å². The molecule has 0 aliphatic rings. The average Bonchev–Trinajstić information content (AvgIpc) is 2.61. The van der Waals surface area contributed by atoms with Gasteiger partial charge in [-0.2, -0.15) is 0 Å². The number of fused-ring (bicyclic) bond motifs is 1. The first-order valence-corrected chi connectivity index (χ1v) is 7.82. The molecular weight excluding hydrogens is 320 g/mol. The number of nitrogens with one attached hydrogen (secondary N) is 3. The van der Waals surface area contributed by atoms with Crippen molar-refractivity contribution in [3.8, 4) is 0 Å². The van der Waals surface area contributed by atoms with E-state index in [0.29, 0.717) is 10.8 Å². The second kappa shape index (κ2) is 7.06. The van der Waals surface area contributed by atoms with Crippen LogP contribution in [0.2, 0.25) is 0 Å². The molecule has 3 aromatic rings. The molecule has 3 rings (SSSR count). The molecule has 1 heterocycles. The van der Waals surface area contributed by atoms with Gasteiger partial charge >= 0.3 is 0 Å². The summed E-state index contributed by atoms with van der Waals surface area (Å²) in [6.07, 6.45) is 0. The topological polar surface area (TPSA) is 66.0 Å². The van der Waals surface area contributed by atoms with E-state index in [4.69, 9.17) is 12.2 Å². The number of carbonyl (C=O) groups excluding carboxylic acids is 1. The van der Waals surface area contributed by atoms with Gasteiger partial charge in [0.2, 0.25) is 0 Å². The van der Waals surface area contributed by atoms with Crippen molar-refractivity contribution in [1.29, 1.82) is 0 Å². The monoisotopic (exact) mass is 336 g/mol. The largest absolute Gasteiger partial charge is 0.331 e. The summed E-state index contributed by atoms with van der Waals surface area (Å²) in [7, 11) is 0. The highest BCUT2D eigenvalue weighted by molar-refractivity contribution is 7.80. The van der Waals surface area contributed by atoms with Crippen LogP contribution in [0, 0.1) is 6.92 Å². The SMILES string of the molecule is Cc1ccc(NC(=S)NNC(=O)c2ccc3ccccc3n2)cc1. The smallest absolute Gasteiger partial charge is 0.288 e. The van der Waals surface area contributed by atoms with Crippen molar-refractivity contribution in [2.24, 2.45) is 0 Å². The predicted molar refractivity (Wildman–Crippen MR) is 99.7 cm³/mol. The number of hydrazine groups is 1. The fraction of sp³-hybridized carbons (Fsp3) is 0.0556. The Bertz CT molecular complexity index is 893. The molecule has 120 valence electrons. The Morgan fingerprint density at radius 3 is 2.50 bits per heavy atom. The number of aromatic nitrogens is 1. The molecule has 0 aliphatic carbocycles. The molecule has 1 aromatic heterocycles. The number of para-hydroxylation sites is 1. The van der Waals surface area contributed by atoms with Crippen molar-refractivity contribution in [3.63, 3.8) is 0 Å². The Balaban J connectivity index is 1.59. The van der Waals surface area contributed by atoms with E-state index in [1.54, 1.807) is 6.07 Å². The molecule has 0 saturated heterocycles. The van der Waals surface area contributed by atoms with Gasteiger partial charge in [0.1, 0.15) is 5.69 Å². The molecule has 0 spiro atoms. The van der Waals surface area contributed by atoms with E-state index in [0.717, 1.165) is 22.2 Å². The summed E-state index contributed by atoms with van der Waals surface area (Å²) in [4.78, 5) is 16.5. The van der Waals surface area contributed by atoms with Crippen molar-refractivity contribution in [2.75, 3.05) is 5.32 Å².